The van der Waals surface area contributed by atoms with E-state index in [4.69, 9.17) is 9.47 Å². The molecule has 4 nitrogen and oxygen atoms in total. The molecule has 4 heteroatoms. The molecule has 5 rings (SSSR count). The van der Waals surface area contributed by atoms with Gasteiger partial charge in [0.1, 0.15) is 0 Å². The number of rotatable bonds is 5. The summed E-state index contributed by atoms with van der Waals surface area (Å²) in [4.78, 5) is 13.0. The Bertz CT molecular complexity index is 868. The van der Waals surface area contributed by atoms with Gasteiger partial charge >= 0.3 is 5.97 Å². The van der Waals surface area contributed by atoms with Crippen LogP contribution >= 0.6 is 0 Å². The van der Waals surface area contributed by atoms with E-state index in [0.29, 0.717) is 41.1 Å². The van der Waals surface area contributed by atoms with Gasteiger partial charge in [-0.25, -0.2) is 0 Å². The summed E-state index contributed by atoms with van der Waals surface area (Å²) in [6.45, 7) is 15.9. The van der Waals surface area contributed by atoms with Crippen molar-refractivity contribution in [2.45, 2.75) is 112 Å². The number of fused-ring (bicyclic) bond motifs is 7. The number of aliphatic carboxylic acids is 1. The second-order valence-corrected chi connectivity index (χ2v) is 15.4. The number of hydrogen-bond donors (Lipinski definition) is 1. The van der Waals surface area contributed by atoms with Crippen molar-refractivity contribution in [1.29, 1.82) is 0 Å². The highest BCUT2D eigenvalue weighted by Crippen LogP contribution is 2.77. The average Bonchev–Trinajstić information content (AvgIpc) is 3.21. The summed E-state index contributed by atoms with van der Waals surface area (Å²) in [5.74, 6) is 2.60. The Morgan fingerprint density at radius 2 is 1.58 bits per heavy atom. The smallest absolute Gasteiger partial charge is 0.309 e. The van der Waals surface area contributed by atoms with Crippen LogP contribution in [0.15, 0.2) is 0 Å². The maximum atomic E-state index is 13.0. The predicted octanol–water partition coefficient (Wildman–Crippen LogP) is 7.45. The standard InChI is InChI=1S/C32H54O4/c1-20(19-35-7)21-11-16-32(27(33)34)18-17-30(5)22(26(21)32)9-10-24-29(4)14-13-25(36-8)28(2,3)23(29)12-15-31(24,30)6/h20-26H,9-19H2,1-8H3,(H,33,34)/t20?,21?,22?,23?,24?,25?,26?,29-,30+,31+,32?/m0/s1. The van der Waals surface area contributed by atoms with Crippen molar-refractivity contribution in [2.24, 2.45) is 62.6 Å². The summed E-state index contributed by atoms with van der Waals surface area (Å²) in [6, 6.07) is 0. The van der Waals surface area contributed by atoms with Gasteiger partial charge in [0, 0.05) is 20.8 Å². The highest BCUT2D eigenvalue weighted by Gasteiger charge is 2.72. The highest BCUT2D eigenvalue weighted by molar-refractivity contribution is 5.76. The first-order chi connectivity index (χ1) is 16.8. The Kier molecular flexibility index (Phi) is 6.52. The third-order valence-electron chi connectivity index (χ3n) is 14.3. The Balaban J connectivity index is 1.53. The minimum absolute atomic E-state index is 0.206. The van der Waals surface area contributed by atoms with E-state index in [-0.39, 0.29) is 16.2 Å². The lowest BCUT2D eigenvalue weighted by atomic mass is 9.32. The van der Waals surface area contributed by atoms with Crippen LogP contribution in [0.5, 0.6) is 0 Å². The largest absolute Gasteiger partial charge is 0.481 e. The van der Waals surface area contributed by atoms with Crippen LogP contribution in [-0.4, -0.2) is 38.0 Å². The average molecular weight is 503 g/mol. The molecule has 206 valence electrons. The molecule has 0 aromatic heterocycles. The third kappa shape index (κ3) is 3.28. The van der Waals surface area contributed by atoms with Gasteiger partial charge < -0.3 is 14.6 Å². The molecule has 0 bridgehead atoms. The second-order valence-electron chi connectivity index (χ2n) is 15.4. The van der Waals surface area contributed by atoms with E-state index >= 15 is 0 Å². The Morgan fingerprint density at radius 1 is 0.861 bits per heavy atom. The maximum absolute atomic E-state index is 13.0. The minimum atomic E-state index is -0.514. The third-order valence-corrected chi connectivity index (χ3v) is 14.3. The molecule has 0 heterocycles. The molecule has 8 unspecified atom stereocenters. The highest BCUT2D eigenvalue weighted by atomic mass is 16.5. The van der Waals surface area contributed by atoms with Gasteiger partial charge in [-0.2, -0.15) is 0 Å². The Labute approximate surface area is 220 Å². The van der Waals surface area contributed by atoms with Crippen LogP contribution in [0.4, 0.5) is 0 Å². The fourth-order valence-corrected chi connectivity index (χ4v) is 12.4. The fraction of sp³-hybridized carbons (Fsp3) is 0.969. The molecule has 5 saturated carbocycles. The van der Waals surface area contributed by atoms with Crippen LogP contribution in [0.25, 0.3) is 0 Å². The molecule has 5 aliphatic rings. The van der Waals surface area contributed by atoms with E-state index in [1.54, 1.807) is 7.11 Å². The number of carboxylic acid groups (broad SMARTS) is 1. The molecular formula is C32H54O4. The van der Waals surface area contributed by atoms with E-state index < -0.39 is 11.4 Å². The van der Waals surface area contributed by atoms with Gasteiger partial charge in [0.25, 0.3) is 0 Å². The molecular weight excluding hydrogens is 448 g/mol. The second kappa shape index (κ2) is 8.70. The summed E-state index contributed by atoms with van der Waals surface area (Å²) in [7, 11) is 3.71. The van der Waals surface area contributed by atoms with E-state index in [1.165, 1.54) is 38.5 Å². The van der Waals surface area contributed by atoms with Gasteiger partial charge in [-0.3, -0.25) is 4.79 Å². The zero-order valence-electron chi connectivity index (χ0n) is 24.5. The molecule has 36 heavy (non-hydrogen) atoms. The predicted molar refractivity (Wildman–Crippen MR) is 144 cm³/mol. The number of ether oxygens (including phenoxy) is 2. The molecule has 5 aliphatic carbocycles. The molecule has 0 spiro atoms. The van der Waals surface area contributed by atoms with Crippen LogP contribution in [0.2, 0.25) is 0 Å². The normalized spacial score (nSPS) is 52.4. The number of hydrogen-bond acceptors (Lipinski definition) is 3. The van der Waals surface area contributed by atoms with Crippen molar-refractivity contribution >= 4 is 5.97 Å². The summed E-state index contributed by atoms with van der Waals surface area (Å²) in [6.07, 6.45) is 11.7. The lowest BCUT2D eigenvalue weighted by molar-refractivity contribution is -0.251. The molecule has 0 aromatic carbocycles. The first kappa shape index (κ1) is 27.0. The summed E-state index contributed by atoms with van der Waals surface area (Å²) < 4.78 is 11.6. The molecule has 11 atom stereocenters. The van der Waals surface area contributed by atoms with Crippen molar-refractivity contribution in [3.63, 3.8) is 0 Å². The molecule has 5 fully saturated rings. The van der Waals surface area contributed by atoms with Crippen LogP contribution in [0, 0.1) is 62.6 Å². The summed E-state index contributed by atoms with van der Waals surface area (Å²) in [5, 5.41) is 10.7. The molecule has 0 aliphatic heterocycles. The topological polar surface area (TPSA) is 55.8 Å². The molecule has 0 aromatic rings. The van der Waals surface area contributed by atoms with Crippen LogP contribution < -0.4 is 0 Å². The van der Waals surface area contributed by atoms with Crippen LogP contribution in [-0.2, 0) is 14.3 Å². The number of methoxy groups -OCH3 is 2. The van der Waals surface area contributed by atoms with Crippen molar-refractivity contribution in [1.82, 2.24) is 0 Å². The number of carboxylic acids is 1. The monoisotopic (exact) mass is 502 g/mol. The zero-order valence-corrected chi connectivity index (χ0v) is 24.5. The Morgan fingerprint density at radius 3 is 2.22 bits per heavy atom. The number of carbonyl (C=O) groups is 1. The maximum Gasteiger partial charge on any atom is 0.309 e. The van der Waals surface area contributed by atoms with Crippen LogP contribution in [0.3, 0.4) is 0 Å². The van der Waals surface area contributed by atoms with Crippen molar-refractivity contribution in [3.8, 4) is 0 Å². The van der Waals surface area contributed by atoms with Crippen molar-refractivity contribution in [2.75, 3.05) is 20.8 Å². The van der Waals surface area contributed by atoms with Gasteiger partial charge in [-0.05, 0) is 121 Å². The van der Waals surface area contributed by atoms with Gasteiger partial charge in [0.2, 0.25) is 0 Å². The van der Waals surface area contributed by atoms with Gasteiger partial charge in [-0.15, -0.1) is 0 Å². The quantitative estimate of drug-likeness (QED) is 0.424. The molecule has 1 N–H and O–H groups in total. The van der Waals surface area contributed by atoms with E-state index in [2.05, 4.69) is 41.5 Å². The van der Waals surface area contributed by atoms with Crippen LogP contribution in [0.1, 0.15) is 106 Å². The van der Waals surface area contributed by atoms with E-state index in [0.717, 1.165) is 38.2 Å². The summed E-state index contributed by atoms with van der Waals surface area (Å²) >= 11 is 0. The fourth-order valence-electron chi connectivity index (χ4n) is 12.4. The van der Waals surface area contributed by atoms with Crippen molar-refractivity contribution in [3.05, 3.63) is 0 Å². The first-order valence-electron chi connectivity index (χ1n) is 15.1. The zero-order chi connectivity index (χ0) is 26.3. The van der Waals surface area contributed by atoms with E-state index in [1.807, 2.05) is 7.11 Å². The lowest BCUT2D eigenvalue weighted by Crippen LogP contribution is -2.67. The van der Waals surface area contributed by atoms with E-state index in [9.17, 15) is 9.90 Å². The van der Waals surface area contributed by atoms with Gasteiger partial charge in [0.05, 0.1) is 11.5 Å². The Hall–Kier alpha value is -0.610. The SMILES string of the molecule is COCC(C)C1CCC2(C(=O)O)CC[C@]3(C)C(CCC4[C@@]5(C)CCC(OC)C(C)(C)C5CC[C@]43C)C12. The van der Waals surface area contributed by atoms with Gasteiger partial charge in [0.15, 0.2) is 0 Å². The minimum Gasteiger partial charge on any atom is -0.481 e. The molecule has 0 radical (unpaired) electrons. The molecule has 0 saturated heterocycles. The van der Waals surface area contributed by atoms with Crippen molar-refractivity contribution < 1.29 is 19.4 Å². The first-order valence-corrected chi connectivity index (χ1v) is 15.1. The summed E-state index contributed by atoms with van der Waals surface area (Å²) in [5.41, 5.74) is 0.529. The van der Waals surface area contributed by atoms with Gasteiger partial charge in [-0.1, -0.05) is 41.5 Å². The lowest BCUT2D eigenvalue weighted by Gasteiger charge is -2.73. The molecule has 0 amide bonds.